The predicted octanol–water partition coefficient (Wildman–Crippen LogP) is 1.70. The zero-order valence-corrected chi connectivity index (χ0v) is 10.6. The molecule has 0 saturated carbocycles. The Balaban J connectivity index is 1.93. The van der Waals surface area contributed by atoms with Crippen molar-refractivity contribution in [2.75, 3.05) is 25.0 Å². The number of amides is 1. The number of nitrogens with one attached hydrogen (secondary N) is 1. The molecular formula is C12H16ClN3O. The Morgan fingerprint density at radius 1 is 1.65 bits per heavy atom. The van der Waals surface area contributed by atoms with Crippen LogP contribution in [0, 0.1) is 5.92 Å². The summed E-state index contributed by atoms with van der Waals surface area (Å²) in [5, 5.41) is 3.31. The Hall–Kier alpha value is -1.29. The zero-order valence-electron chi connectivity index (χ0n) is 9.82. The molecule has 1 aromatic rings. The van der Waals surface area contributed by atoms with Gasteiger partial charge in [-0.2, -0.15) is 0 Å². The maximum Gasteiger partial charge on any atom is 0.220 e. The molecule has 1 amide bonds. The summed E-state index contributed by atoms with van der Waals surface area (Å²) >= 11 is 5.80. The second kappa shape index (κ2) is 5.36. The van der Waals surface area contributed by atoms with Crippen molar-refractivity contribution < 1.29 is 4.79 Å². The van der Waals surface area contributed by atoms with Gasteiger partial charge in [-0.25, -0.2) is 4.98 Å². The fourth-order valence-electron chi connectivity index (χ4n) is 2.13. The molecule has 17 heavy (non-hydrogen) atoms. The summed E-state index contributed by atoms with van der Waals surface area (Å²) in [5.41, 5.74) is 0. The molecule has 1 aliphatic rings. The molecule has 2 heterocycles. The Kier molecular flexibility index (Phi) is 3.84. The monoisotopic (exact) mass is 253 g/mol. The van der Waals surface area contributed by atoms with Gasteiger partial charge in [-0.05, 0) is 24.5 Å². The lowest BCUT2D eigenvalue weighted by atomic mass is 10.1. The molecule has 0 radical (unpaired) electrons. The minimum atomic E-state index is 0.112. The van der Waals surface area contributed by atoms with Crippen LogP contribution < -0.4 is 10.2 Å². The minimum Gasteiger partial charge on any atom is -0.359 e. The fourth-order valence-corrected chi connectivity index (χ4v) is 2.24. The zero-order chi connectivity index (χ0) is 12.3. The van der Waals surface area contributed by atoms with Gasteiger partial charge in [0, 0.05) is 32.8 Å². The standard InChI is InChI=1S/C12H16ClN3O/c1-14-12(17)6-9-4-5-16(8-9)11-3-2-10(13)7-15-11/h2-3,7,9H,4-6,8H2,1H3,(H,14,17). The highest BCUT2D eigenvalue weighted by atomic mass is 35.5. The Morgan fingerprint density at radius 2 is 2.47 bits per heavy atom. The number of hydrogen-bond donors (Lipinski definition) is 1. The van der Waals surface area contributed by atoms with Crippen LogP contribution in [0.3, 0.4) is 0 Å². The summed E-state index contributed by atoms with van der Waals surface area (Å²) < 4.78 is 0. The Bertz CT molecular complexity index is 393. The minimum absolute atomic E-state index is 0.112. The van der Waals surface area contributed by atoms with Gasteiger partial charge in [0.2, 0.25) is 5.91 Å². The molecule has 1 atom stereocenters. The van der Waals surface area contributed by atoms with Gasteiger partial charge in [0.05, 0.1) is 5.02 Å². The number of aromatic nitrogens is 1. The first-order valence-corrected chi connectivity index (χ1v) is 6.14. The van der Waals surface area contributed by atoms with Crippen molar-refractivity contribution in [1.29, 1.82) is 0 Å². The molecule has 0 spiro atoms. The molecule has 1 fully saturated rings. The highest BCUT2D eigenvalue weighted by Crippen LogP contribution is 2.24. The second-order valence-corrected chi connectivity index (χ2v) is 4.75. The molecule has 5 heteroatoms. The smallest absolute Gasteiger partial charge is 0.220 e. The van der Waals surface area contributed by atoms with E-state index >= 15 is 0 Å². The molecule has 1 unspecified atom stereocenters. The van der Waals surface area contributed by atoms with Gasteiger partial charge >= 0.3 is 0 Å². The highest BCUT2D eigenvalue weighted by Gasteiger charge is 2.24. The van der Waals surface area contributed by atoms with Crippen LogP contribution in [0.5, 0.6) is 0 Å². The van der Waals surface area contributed by atoms with E-state index in [1.807, 2.05) is 12.1 Å². The van der Waals surface area contributed by atoms with Crippen LogP contribution in [0.1, 0.15) is 12.8 Å². The van der Waals surface area contributed by atoms with Crippen molar-refractivity contribution >= 4 is 23.3 Å². The van der Waals surface area contributed by atoms with E-state index in [4.69, 9.17) is 11.6 Å². The molecule has 2 rings (SSSR count). The summed E-state index contributed by atoms with van der Waals surface area (Å²) in [4.78, 5) is 17.8. The van der Waals surface area contributed by atoms with Gasteiger partial charge in [-0.1, -0.05) is 11.6 Å². The summed E-state index contributed by atoms with van der Waals surface area (Å²) in [6, 6.07) is 3.76. The second-order valence-electron chi connectivity index (χ2n) is 4.31. The van der Waals surface area contributed by atoms with Crippen LogP contribution in [-0.4, -0.2) is 31.0 Å². The molecule has 1 N–H and O–H groups in total. The van der Waals surface area contributed by atoms with Gasteiger partial charge in [-0.15, -0.1) is 0 Å². The van der Waals surface area contributed by atoms with E-state index in [2.05, 4.69) is 15.2 Å². The van der Waals surface area contributed by atoms with E-state index in [9.17, 15) is 4.79 Å². The van der Waals surface area contributed by atoms with E-state index < -0.39 is 0 Å². The third-order valence-electron chi connectivity index (χ3n) is 3.07. The number of carbonyl (C=O) groups excluding carboxylic acids is 1. The molecule has 0 aromatic carbocycles. The molecule has 1 aliphatic heterocycles. The van der Waals surface area contributed by atoms with Gasteiger partial charge in [0.1, 0.15) is 5.82 Å². The average molecular weight is 254 g/mol. The van der Waals surface area contributed by atoms with E-state index in [0.717, 1.165) is 25.3 Å². The first-order chi connectivity index (χ1) is 8.19. The number of hydrogen-bond acceptors (Lipinski definition) is 3. The highest BCUT2D eigenvalue weighted by molar-refractivity contribution is 6.30. The van der Waals surface area contributed by atoms with E-state index in [1.165, 1.54) is 0 Å². The third kappa shape index (κ3) is 3.09. The lowest BCUT2D eigenvalue weighted by molar-refractivity contribution is -0.121. The largest absolute Gasteiger partial charge is 0.359 e. The van der Waals surface area contributed by atoms with Crippen LogP contribution >= 0.6 is 11.6 Å². The summed E-state index contributed by atoms with van der Waals surface area (Å²) in [7, 11) is 1.68. The summed E-state index contributed by atoms with van der Waals surface area (Å²) in [5.74, 6) is 1.47. The number of rotatable bonds is 3. The summed E-state index contributed by atoms with van der Waals surface area (Å²) in [6.07, 6.45) is 3.29. The van der Waals surface area contributed by atoms with E-state index in [0.29, 0.717) is 17.4 Å². The number of carbonyl (C=O) groups is 1. The van der Waals surface area contributed by atoms with Crippen molar-refractivity contribution in [1.82, 2.24) is 10.3 Å². The molecule has 0 aliphatic carbocycles. The number of nitrogens with zero attached hydrogens (tertiary/aromatic N) is 2. The first-order valence-electron chi connectivity index (χ1n) is 5.76. The number of anilines is 1. The van der Waals surface area contributed by atoms with Gasteiger partial charge in [0.15, 0.2) is 0 Å². The lowest BCUT2D eigenvalue weighted by Crippen LogP contribution is -2.24. The van der Waals surface area contributed by atoms with Crippen LogP contribution in [0.25, 0.3) is 0 Å². The van der Waals surface area contributed by atoms with Crippen LogP contribution in [0.15, 0.2) is 18.3 Å². The molecule has 0 bridgehead atoms. The van der Waals surface area contributed by atoms with Crippen molar-refractivity contribution in [2.24, 2.45) is 5.92 Å². The molecular weight excluding hydrogens is 238 g/mol. The molecule has 1 saturated heterocycles. The normalized spacial score (nSPS) is 19.4. The summed E-state index contributed by atoms with van der Waals surface area (Å²) in [6.45, 7) is 1.85. The van der Waals surface area contributed by atoms with Gasteiger partial charge in [0.25, 0.3) is 0 Å². The predicted molar refractivity (Wildman–Crippen MR) is 68.3 cm³/mol. The topological polar surface area (TPSA) is 45.2 Å². The van der Waals surface area contributed by atoms with Crippen molar-refractivity contribution in [3.05, 3.63) is 23.4 Å². The van der Waals surface area contributed by atoms with Crippen LogP contribution in [0.2, 0.25) is 5.02 Å². The van der Waals surface area contributed by atoms with Crippen LogP contribution in [0.4, 0.5) is 5.82 Å². The SMILES string of the molecule is CNC(=O)CC1CCN(c2ccc(Cl)cn2)C1. The fraction of sp³-hybridized carbons (Fsp3) is 0.500. The third-order valence-corrected chi connectivity index (χ3v) is 3.30. The molecule has 4 nitrogen and oxygen atoms in total. The maximum atomic E-state index is 11.3. The van der Waals surface area contributed by atoms with Crippen molar-refractivity contribution in [3.63, 3.8) is 0 Å². The Labute approximate surface area is 106 Å². The average Bonchev–Trinajstić information content (AvgIpc) is 2.78. The molecule has 1 aromatic heterocycles. The van der Waals surface area contributed by atoms with Gasteiger partial charge in [-0.3, -0.25) is 4.79 Å². The van der Waals surface area contributed by atoms with Crippen molar-refractivity contribution in [3.8, 4) is 0 Å². The molecule has 92 valence electrons. The van der Waals surface area contributed by atoms with Crippen molar-refractivity contribution in [2.45, 2.75) is 12.8 Å². The first kappa shape index (κ1) is 12.2. The Morgan fingerprint density at radius 3 is 3.12 bits per heavy atom. The number of pyridine rings is 1. The van der Waals surface area contributed by atoms with Gasteiger partial charge < -0.3 is 10.2 Å². The lowest BCUT2D eigenvalue weighted by Gasteiger charge is -2.17. The quantitative estimate of drug-likeness (QED) is 0.892. The van der Waals surface area contributed by atoms with Crippen LogP contribution in [-0.2, 0) is 4.79 Å². The van der Waals surface area contributed by atoms with E-state index in [1.54, 1.807) is 13.2 Å². The van der Waals surface area contributed by atoms with E-state index in [-0.39, 0.29) is 5.91 Å². The number of halogens is 1. The maximum absolute atomic E-state index is 11.3.